The van der Waals surface area contributed by atoms with Crippen LogP contribution in [0.3, 0.4) is 0 Å². The summed E-state index contributed by atoms with van der Waals surface area (Å²) >= 11 is 0. The Balaban J connectivity index is 1.67. The molecule has 1 aliphatic carbocycles. The van der Waals surface area contributed by atoms with Crippen LogP contribution in [0.1, 0.15) is 50.5 Å². The van der Waals surface area contributed by atoms with Gasteiger partial charge in [0.15, 0.2) is 0 Å². The molecule has 1 saturated heterocycles. The van der Waals surface area contributed by atoms with Gasteiger partial charge >= 0.3 is 0 Å². The Kier molecular flexibility index (Phi) is 11.7. The van der Waals surface area contributed by atoms with E-state index in [0.717, 1.165) is 31.2 Å². The van der Waals surface area contributed by atoms with Crippen LogP contribution in [0.4, 0.5) is 0 Å². The van der Waals surface area contributed by atoms with Crippen molar-refractivity contribution in [2.45, 2.75) is 63.5 Å². The Labute approximate surface area is 227 Å². The molecule has 0 bridgehead atoms. The Bertz CT molecular complexity index is 1030. The summed E-state index contributed by atoms with van der Waals surface area (Å²) in [5, 5.41) is 15.6. The first-order valence-corrected chi connectivity index (χ1v) is 13.5. The molecule has 12 heteroatoms. The van der Waals surface area contributed by atoms with Crippen LogP contribution in [0.2, 0.25) is 0 Å². The van der Waals surface area contributed by atoms with E-state index in [-0.39, 0.29) is 56.6 Å². The maximum atomic E-state index is 12.9. The fourth-order valence-electron chi connectivity index (χ4n) is 4.71. The van der Waals surface area contributed by atoms with Gasteiger partial charge in [-0.15, -0.1) is 0 Å². The molecular formula is C27H38N6O6. The topological polar surface area (TPSA) is 175 Å². The molecule has 2 fully saturated rings. The Hall–Kier alpha value is -3.96. The van der Waals surface area contributed by atoms with Crippen molar-refractivity contribution in [2.75, 3.05) is 26.2 Å². The number of hydrogen-bond donors (Lipinski definition) is 6. The fourth-order valence-corrected chi connectivity index (χ4v) is 4.71. The standard InChI is InChI=1S/C27H38N6O6/c34-22-11-10-20(32-23(35)15-19-8-4-5-9-19)26(38)31-17-25(37)33-21(14-18-6-2-1-3-7-18)27(39)30-16-24(36)29-13-12-28-22/h1-3,6-7,19-21H,4-5,8-17H2,(H,28,34)(H,29,36)(H,30,39)(H,31,38)(H,32,35)(H,33,37)/t20-,21+/m0/s1. The summed E-state index contributed by atoms with van der Waals surface area (Å²) in [6, 6.07) is 7.09. The molecule has 1 aromatic carbocycles. The Morgan fingerprint density at radius 1 is 0.769 bits per heavy atom. The highest BCUT2D eigenvalue weighted by Gasteiger charge is 2.26. The molecule has 2 atom stereocenters. The summed E-state index contributed by atoms with van der Waals surface area (Å²) in [6.45, 7) is -0.422. The second-order valence-corrected chi connectivity index (χ2v) is 9.96. The van der Waals surface area contributed by atoms with Gasteiger partial charge in [-0.05, 0) is 30.7 Å². The highest BCUT2D eigenvalue weighted by atomic mass is 16.2. The van der Waals surface area contributed by atoms with E-state index in [1.165, 1.54) is 0 Å². The second-order valence-electron chi connectivity index (χ2n) is 9.96. The summed E-state index contributed by atoms with van der Waals surface area (Å²) in [4.78, 5) is 75.5. The largest absolute Gasteiger partial charge is 0.354 e. The highest BCUT2D eigenvalue weighted by Crippen LogP contribution is 2.27. The van der Waals surface area contributed by atoms with Crippen LogP contribution < -0.4 is 31.9 Å². The lowest BCUT2D eigenvalue weighted by molar-refractivity contribution is -0.132. The molecule has 6 amide bonds. The van der Waals surface area contributed by atoms with Crippen LogP contribution in [-0.2, 0) is 35.2 Å². The van der Waals surface area contributed by atoms with E-state index in [0.29, 0.717) is 6.42 Å². The van der Waals surface area contributed by atoms with E-state index in [1.54, 1.807) is 0 Å². The van der Waals surface area contributed by atoms with Crippen molar-refractivity contribution < 1.29 is 28.8 Å². The third-order valence-electron chi connectivity index (χ3n) is 6.81. The molecule has 12 nitrogen and oxygen atoms in total. The van der Waals surface area contributed by atoms with E-state index in [2.05, 4.69) is 31.9 Å². The molecule has 212 valence electrons. The quantitative estimate of drug-likeness (QED) is 0.279. The normalized spacial score (nSPS) is 22.8. The molecule has 0 unspecified atom stereocenters. The molecule has 1 saturated carbocycles. The lowest BCUT2D eigenvalue weighted by Gasteiger charge is -2.21. The van der Waals surface area contributed by atoms with Gasteiger partial charge in [-0.2, -0.15) is 0 Å². The summed E-state index contributed by atoms with van der Waals surface area (Å²) in [5.74, 6) is -2.53. The van der Waals surface area contributed by atoms with Gasteiger partial charge in [-0.1, -0.05) is 43.2 Å². The number of amides is 6. The van der Waals surface area contributed by atoms with Crippen LogP contribution in [0.5, 0.6) is 0 Å². The highest BCUT2D eigenvalue weighted by molar-refractivity contribution is 5.94. The fraction of sp³-hybridized carbons (Fsp3) is 0.556. The molecule has 3 rings (SSSR count). The first-order chi connectivity index (χ1) is 18.8. The van der Waals surface area contributed by atoms with Gasteiger partial charge in [0.2, 0.25) is 35.4 Å². The predicted octanol–water partition coefficient (Wildman–Crippen LogP) is -0.962. The number of nitrogens with one attached hydrogen (secondary N) is 6. The minimum Gasteiger partial charge on any atom is -0.354 e. The average molecular weight is 543 g/mol. The SMILES string of the molecule is O=C1CC[C@H](NC(=O)CC2CCCC2)C(=O)NCC(=O)N[C@H](Cc2ccccc2)C(=O)NCC(=O)NCCN1. The molecule has 39 heavy (non-hydrogen) atoms. The van der Waals surface area contributed by atoms with Crippen molar-refractivity contribution in [3.8, 4) is 0 Å². The average Bonchev–Trinajstić information content (AvgIpc) is 3.43. The van der Waals surface area contributed by atoms with E-state index in [1.807, 2.05) is 30.3 Å². The van der Waals surface area contributed by atoms with Crippen molar-refractivity contribution >= 4 is 35.4 Å². The predicted molar refractivity (Wildman–Crippen MR) is 142 cm³/mol. The van der Waals surface area contributed by atoms with Gasteiger partial charge < -0.3 is 31.9 Å². The second kappa shape index (κ2) is 15.5. The smallest absolute Gasteiger partial charge is 0.243 e. The summed E-state index contributed by atoms with van der Waals surface area (Å²) < 4.78 is 0. The van der Waals surface area contributed by atoms with Crippen LogP contribution in [-0.4, -0.2) is 73.7 Å². The third-order valence-corrected chi connectivity index (χ3v) is 6.81. The Morgan fingerprint density at radius 3 is 2.13 bits per heavy atom. The van der Waals surface area contributed by atoms with Crippen LogP contribution >= 0.6 is 0 Å². The van der Waals surface area contributed by atoms with Crippen molar-refractivity contribution in [3.05, 3.63) is 35.9 Å². The van der Waals surface area contributed by atoms with Gasteiger partial charge in [0.05, 0.1) is 13.1 Å². The van der Waals surface area contributed by atoms with Crippen LogP contribution in [0.25, 0.3) is 0 Å². The monoisotopic (exact) mass is 542 g/mol. The maximum absolute atomic E-state index is 12.9. The number of hydrogen-bond acceptors (Lipinski definition) is 6. The van der Waals surface area contributed by atoms with Gasteiger partial charge in [-0.25, -0.2) is 0 Å². The first-order valence-electron chi connectivity index (χ1n) is 13.5. The molecule has 2 aliphatic rings. The van der Waals surface area contributed by atoms with E-state index < -0.39 is 42.3 Å². The molecule has 1 heterocycles. The van der Waals surface area contributed by atoms with Gasteiger partial charge in [-0.3, -0.25) is 28.8 Å². The molecule has 1 aromatic rings. The molecule has 0 spiro atoms. The number of rotatable bonds is 5. The van der Waals surface area contributed by atoms with E-state index >= 15 is 0 Å². The summed E-state index contributed by atoms with van der Waals surface area (Å²) in [6.07, 6.45) is 4.62. The van der Waals surface area contributed by atoms with Gasteiger partial charge in [0.25, 0.3) is 0 Å². The Morgan fingerprint density at radius 2 is 1.41 bits per heavy atom. The molecular weight excluding hydrogens is 504 g/mol. The zero-order chi connectivity index (χ0) is 28.0. The van der Waals surface area contributed by atoms with E-state index in [9.17, 15) is 28.8 Å². The lowest BCUT2D eigenvalue weighted by atomic mass is 10.0. The minimum absolute atomic E-state index is 0.0306. The van der Waals surface area contributed by atoms with Crippen molar-refractivity contribution in [1.29, 1.82) is 0 Å². The summed E-state index contributed by atoms with van der Waals surface area (Å²) in [5.41, 5.74) is 0.800. The van der Waals surface area contributed by atoms with Crippen LogP contribution in [0, 0.1) is 5.92 Å². The van der Waals surface area contributed by atoms with Gasteiger partial charge in [0.1, 0.15) is 12.1 Å². The zero-order valence-corrected chi connectivity index (χ0v) is 22.1. The van der Waals surface area contributed by atoms with Crippen molar-refractivity contribution in [1.82, 2.24) is 31.9 Å². The molecule has 0 aromatic heterocycles. The maximum Gasteiger partial charge on any atom is 0.243 e. The van der Waals surface area contributed by atoms with Crippen molar-refractivity contribution in [2.24, 2.45) is 5.92 Å². The molecule has 1 aliphatic heterocycles. The zero-order valence-electron chi connectivity index (χ0n) is 22.1. The first kappa shape index (κ1) is 29.6. The number of benzene rings is 1. The molecule has 6 N–H and O–H groups in total. The lowest BCUT2D eigenvalue weighted by Crippen LogP contribution is -2.54. The third kappa shape index (κ3) is 10.7. The number of carbonyl (C=O) groups excluding carboxylic acids is 6. The number of carbonyl (C=O) groups is 6. The van der Waals surface area contributed by atoms with E-state index in [4.69, 9.17) is 0 Å². The minimum atomic E-state index is -1.00. The summed E-state index contributed by atoms with van der Waals surface area (Å²) in [7, 11) is 0. The van der Waals surface area contributed by atoms with Crippen LogP contribution in [0.15, 0.2) is 30.3 Å². The van der Waals surface area contributed by atoms with Gasteiger partial charge in [0, 0.05) is 32.4 Å². The van der Waals surface area contributed by atoms with Crippen molar-refractivity contribution in [3.63, 3.8) is 0 Å². The molecule has 0 radical (unpaired) electrons.